The van der Waals surface area contributed by atoms with Crippen LogP contribution in [0, 0.1) is 0 Å². The minimum atomic E-state index is -0.853. The fraction of sp³-hybridized carbons (Fsp3) is 0.167. The Hall–Kier alpha value is -0.780. The molecule has 0 radical (unpaired) electrons. The van der Waals surface area contributed by atoms with Crippen molar-refractivity contribution in [2.24, 2.45) is 0 Å². The van der Waals surface area contributed by atoms with Gasteiger partial charge < -0.3 is 14.3 Å². The molecule has 2 aromatic rings. The highest BCUT2D eigenvalue weighted by molar-refractivity contribution is 9.10. The molecular formula is C12H10Br2O3. The molecule has 1 atom stereocenters. The van der Waals surface area contributed by atoms with E-state index in [4.69, 9.17) is 9.15 Å². The Balaban J connectivity index is 2.42. The molecule has 17 heavy (non-hydrogen) atoms. The van der Waals surface area contributed by atoms with E-state index in [2.05, 4.69) is 31.9 Å². The van der Waals surface area contributed by atoms with Crippen molar-refractivity contribution < 1.29 is 14.3 Å². The molecule has 1 unspecified atom stereocenters. The van der Waals surface area contributed by atoms with Crippen LogP contribution in [-0.2, 0) is 0 Å². The second-order valence-electron chi connectivity index (χ2n) is 3.43. The molecule has 0 saturated carbocycles. The monoisotopic (exact) mass is 360 g/mol. The van der Waals surface area contributed by atoms with Crippen molar-refractivity contribution in [3.8, 4) is 5.75 Å². The fourth-order valence-electron chi connectivity index (χ4n) is 1.55. The van der Waals surface area contributed by atoms with Crippen LogP contribution in [0.4, 0.5) is 0 Å². The predicted octanol–water partition coefficient (Wildman–Crippen LogP) is 3.89. The second-order valence-corrected chi connectivity index (χ2v) is 5.13. The first-order chi connectivity index (χ1) is 8.11. The average molecular weight is 362 g/mol. The molecule has 2 rings (SSSR count). The normalized spacial score (nSPS) is 12.5. The lowest BCUT2D eigenvalue weighted by molar-refractivity contribution is 0.183. The summed E-state index contributed by atoms with van der Waals surface area (Å²) in [5.41, 5.74) is 0.656. The number of hydrogen-bond acceptors (Lipinski definition) is 3. The first-order valence-corrected chi connectivity index (χ1v) is 6.47. The van der Waals surface area contributed by atoms with Crippen LogP contribution in [0.3, 0.4) is 0 Å². The second kappa shape index (κ2) is 5.25. The zero-order valence-electron chi connectivity index (χ0n) is 8.98. The Kier molecular flexibility index (Phi) is 3.91. The van der Waals surface area contributed by atoms with Crippen molar-refractivity contribution in [2.75, 3.05) is 7.11 Å². The number of benzene rings is 1. The molecule has 0 spiro atoms. The van der Waals surface area contributed by atoms with E-state index in [0.29, 0.717) is 21.7 Å². The van der Waals surface area contributed by atoms with Gasteiger partial charge in [-0.15, -0.1) is 0 Å². The van der Waals surface area contributed by atoms with E-state index in [9.17, 15) is 5.11 Å². The molecule has 1 aromatic heterocycles. The minimum Gasteiger partial charge on any atom is -0.496 e. The van der Waals surface area contributed by atoms with Crippen LogP contribution < -0.4 is 4.74 Å². The summed E-state index contributed by atoms with van der Waals surface area (Å²) in [5.74, 6) is 1.08. The standard InChI is InChI=1S/C12H10Br2O3/c1-16-9-3-2-7(13)6-8(9)12(15)10-4-5-11(14)17-10/h2-6,12,15H,1H3. The topological polar surface area (TPSA) is 42.6 Å². The lowest BCUT2D eigenvalue weighted by atomic mass is 10.1. The summed E-state index contributed by atoms with van der Waals surface area (Å²) in [7, 11) is 1.57. The largest absolute Gasteiger partial charge is 0.496 e. The zero-order chi connectivity index (χ0) is 12.4. The lowest BCUT2D eigenvalue weighted by Gasteiger charge is -2.13. The molecule has 3 nitrogen and oxygen atoms in total. The average Bonchev–Trinajstić information content (AvgIpc) is 2.75. The Morgan fingerprint density at radius 2 is 2.00 bits per heavy atom. The first kappa shape index (κ1) is 12.7. The molecule has 0 bridgehead atoms. The summed E-state index contributed by atoms with van der Waals surface area (Å²) in [5, 5.41) is 10.2. The highest BCUT2D eigenvalue weighted by Crippen LogP contribution is 2.33. The van der Waals surface area contributed by atoms with Crippen LogP contribution in [0.25, 0.3) is 0 Å². The van der Waals surface area contributed by atoms with Crippen LogP contribution >= 0.6 is 31.9 Å². The van der Waals surface area contributed by atoms with Crippen molar-refractivity contribution >= 4 is 31.9 Å². The van der Waals surface area contributed by atoms with Gasteiger partial charge >= 0.3 is 0 Å². The van der Waals surface area contributed by atoms with Gasteiger partial charge in [0.15, 0.2) is 4.67 Å². The summed E-state index contributed by atoms with van der Waals surface area (Å²) in [6.45, 7) is 0. The van der Waals surface area contributed by atoms with Crippen LogP contribution in [0.1, 0.15) is 17.4 Å². The number of aliphatic hydroxyl groups is 1. The SMILES string of the molecule is COc1ccc(Br)cc1C(O)c1ccc(Br)o1. The van der Waals surface area contributed by atoms with Crippen LogP contribution in [0.15, 0.2) is 43.9 Å². The number of aliphatic hydroxyl groups excluding tert-OH is 1. The molecule has 0 aliphatic heterocycles. The predicted molar refractivity (Wildman–Crippen MR) is 71.2 cm³/mol. The molecule has 90 valence electrons. The number of furan rings is 1. The quantitative estimate of drug-likeness (QED) is 0.901. The highest BCUT2D eigenvalue weighted by Gasteiger charge is 2.18. The number of rotatable bonds is 3. The number of halogens is 2. The molecule has 1 aromatic carbocycles. The molecule has 5 heteroatoms. The first-order valence-electron chi connectivity index (χ1n) is 4.88. The fourth-order valence-corrected chi connectivity index (χ4v) is 2.25. The van der Waals surface area contributed by atoms with Gasteiger partial charge in [0.05, 0.1) is 7.11 Å². The van der Waals surface area contributed by atoms with E-state index in [1.54, 1.807) is 31.4 Å². The van der Waals surface area contributed by atoms with Gasteiger partial charge in [-0.05, 0) is 46.3 Å². The van der Waals surface area contributed by atoms with Gasteiger partial charge in [0.25, 0.3) is 0 Å². The Labute approximate surface area is 116 Å². The van der Waals surface area contributed by atoms with Crippen LogP contribution in [0.2, 0.25) is 0 Å². The van der Waals surface area contributed by atoms with E-state index in [1.807, 2.05) is 6.07 Å². The third-order valence-corrected chi connectivity index (χ3v) is 3.27. The molecule has 1 N–H and O–H groups in total. The maximum Gasteiger partial charge on any atom is 0.169 e. The summed E-state index contributed by atoms with van der Waals surface area (Å²) < 4.78 is 12.0. The van der Waals surface area contributed by atoms with Gasteiger partial charge in [0.2, 0.25) is 0 Å². The van der Waals surface area contributed by atoms with Crippen molar-refractivity contribution in [3.63, 3.8) is 0 Å². The van der Waals surface area contributed by atoms with Gasteiger partial charge in [0.1, 0.15) is 17.6 Å². The number of methoxy groups -OCH3 is 1. The minimum absolute atomic E-state index is 0.466. The van der Waals surface area contributed by atoms with E-state index < -0.39 is 6.10 Å². The molecule has 1 heterocycles. The number of hydrogen-bond donors (Lipinski definition) is 1. The molecule has 0 amide bonds. The third kappa shape index (κ3) is 2.73. The summed E-state index contributed by atoms with van der Waals surface area (Å²) in [6, 6.07) is 8.91. The molecule has 0 saturated heterocycles. The van der Waals surface area contributed by atoms with Gasteiger partial charge in [-0.3, -0.25) is 0 Å². The van der Waals surface area contributed by atoms with Gasteiger partial charge in [-0.25, -0.2) is 0 Å². The molecular weight excluding hydrogens is 352 g/mol. The van der Waals surface area contributed by atoms with Crippen molar-refractivity contribution in [1.82, 2.24) is 0 Å². The lowest BCUT2D eigenvalue weighted by Crippen LogP contribution is -2.01. The summed E-state index contributed by atoms with van der Waals surface area (Å²) in [6.07, 6.45) is -0.853. The Bertz CT molecular complexity index is 522. The van der Waals surface area contributed by atoms with Gasteiger partial charge in [0, 0.05) is 10.0 Å². The van der Waals surface area contributed by atoms with Gasteiger partial charge in [-0.1, -0.05) is 15.9 Å². The Morgan fingerprint density at radius 3 is 2.59 bits per heavy atom. The van der Waals surface area contributed by atoms with Crippen LogP contribution in [-0.4, -0.2) is 12.2 Å². The third-order valence-electron chi connectivity index (χ3n) is 2.35. The number of ether oxygens (including phenoxy) is 1. The molecule has 0 aliphatic carbocycles. The Morgan fingerprint density at radius 1 is 1.24 bits per heavy atom. The van der Waals surface area contributed by atoms with Crippen molar-refractivity contribution in [1.29, 1.82) is 0 Å². The van der Waals surface area contributed by atoms with Crippen molar-refractivity contribution in [3.05, 3.63) is 50.8 Å². The molecule has 0 aliphatic rings. The van der Waals surface area contributed by atoms with Gasteiger partial charge in [-0.2, -0.15) is 0 Å². The molecule has 0 fully saturated rings. The smallest absolute Gasteiger partial charge is 0.169 e. The van der Waals surface area contributed by atoms with Crippen LogP contribution in [0.5, 0.6) is 5.75 Å². The van der Waals surface area contributed by atoms with E-state index in [0.717, 1.165) is 4.47 Å². The highest BCUT2D eigenvalue weighted by atomic mass is 79.9. The summed E-state index contributed by atoms with van der Waals surface area (Å²) in [4.78, 5) is 0. The zero-order valence-corrected chi connectivity index (χ0v) is 12.2. The van der Waals surface area contributed by atoms with E-state index in [-0.39, 0.29) is 0 Å². The maximum atomic E-state index is 10.2. The van der Waals surface area contributed by atoms with E-state index >= 15 is 0 Å². The van der Waals surface area contributed by atoms with E-state index in [1.165, 1.54) is 0 Å². The maximum absolute atomic E-state index is 10.2. The van der Waals surface area contributed by atoms with Crippen molar-refractivity contribution in [2.45, 2.75) is 6.10 Å². The summed E-state index contributed by atoms with van der Waals surface area (Å²) >= 11 is 6.57.